The van der Waals surface area contributed by atoms with Gasteiger partial charge in [-0.3, -0.25) is 18.8 Å². The molecule has 2 aromatic carbocycles. The molecule has 2 saturated heterocycles. The number of para-hydroxylation sites is 1. The number of likely N-dealkylation sites (tertiary alicyclic amines) is 2. The first-order valence-electron chi connectivity index (χ1n) is 14.2. The van der Waals surface area contributed by atoms with Crippen LogP contribution < -0.4 is 9.62 Å². The fourth-order valence-corrected chi connectivity index (χ4v) is 7.40. The largest absolute Gasteiger partial charge is 0.374 e. The lowest BCUT2D eigenvalue weighted by atomic mass is 9.74. The van der Waals surface area contributed by atoms with Crippen LogP contribution in [0.1, 0.15) is 43.2 Å². The quantitative estimate of drug-likeness (QED) is 0.498. The number of piperidine rings is 2. The second kappa shape index (κ2) is 13.1. The normalized spacial score (nSPS) is 21.2. The second-order valence-corrected chi connectivity index (χ2v) is 13.4. The zero-order valence-corrected chi connectivity index (χ0v) is 25.5. The van der Waals surface area contributed by atoms with Crippen LogP contribution in [0.3, 0.4) is 0 Å². The summed E-state index contributed by atoms with van der Waals surface area (Å²) in [5.41, 5.74) is 2.44. The molecular weight excluding hydrogens is 564 g/mol. The summed E-state index contributed by atoms with van der Waals surface area (Å²) in [5, 5.41) is 3.02. The molecule has 224 valence electrons. The van der Waals surface area contributed by atoms with E-state index >= 15 is 0 Å². The first kappa shape index (κ1) is 31.3. The smallest absolute Gasteiger partial charge is 0.247 e. The van der Waals surface area contributed by atoms with E-state index in [0.29, 0.717) is 39.1 Å². The predicted octanol–water partition coefficient (Wildman–Crippen LogP) is 2.93. The van der Waals surface area contributed by atoms with Crippen molar-refractivity contribution in [1.29, 1.82) is 0 Å². The van der Waals surface area contributed by atoms with Gasteiger partial charge in [0.2, 0.25) is 21.8 Å². The lowest BCUT2D eigenvalue weighted by molar-refractivity contribution is -0.141. The average Bonchev–Trinajstić information content (AvgIpc) is 3.28. The Morgan fingerprint density at radius 3 is 2.39 bits per heavy atom. The number of halogens is 1. The number of nitrogens with one attached hydrogen (secondary N) is 1. The van der Waals surface area contributed by atoms with Crippen LogP contribution in [0.4, 0.5) is 5.69 Å². The van der Waals surface area contributed by atoms with Crippen molar-refractivity contribution in [2.75, 3.05) is 50.4 Å². The Kier molecular flexibility index (Phi) is 10.00. The number of anilines is 1. The third kappa shape index (κ3) is 6.88. The standard InChI is InChI=1S/C30H40N4O5S.ClH/c1-32-17-9-8-14-27(32)28(35)31-25(21-39-20-23-10-4-3-5-11-23)29(36)33-18-15-30(16-19-33)22-34(40(2,37)38)26-13-7-6-12-24(26)30;/h3-7,10-13,25,27H,8-9,14-22H2,1-2H3,(H,31,35);1H/t25-,27-;/m1./s1. The topological polar surface area (TPSA) is 99.3 Å². The van der Waals surface area contributed by atoms with Gasteiger partial charge < -0.3 is 15.0 Å². The van der Waals surface area contributed by atoms with Crippen molar-refractivity contribution in [3.63, 3.8) is 0 Å². The molecule has 0 unspecified atom stereocenters. The minimum absolute atomic E-state index is 0. The van der Waals surface area contributed by atoms with Gasteiger partial charge in [0, 0.05) is 25.0 Å². The molecular formula is C30H41ClN4O5S. The van der Waals surface area contributed by atoms with E-state index in [1.165, 1.54) is 10.6 Å². The molecule has 1 N–H and O–H groups in total. The molecule has 0 radical (unpaired) electrons. The van der Waals surface area contributed by atoms with Gasteiger partial charge in [-0.2, -0.15) is 0 Å². The molecule has 2 fully saturated rings. The van der Waals surface area contributed by atoms with Crippen LogP contribution in [-0.4, -0.2) is 88.2 Å². The highest BCUT2D eigenvalue weighted by Gasteiger charge is 2.48. The molecule has 1 spiro atoms. The minimum Gasteiger partial charge on any atom is -0.374 e. The minimum atomic E-state index is -3.41. The number of ether oxygens (including phenoxy) is 1. The Balaban J connectivity index is 0.00000387. The third-order valence-electron chi connectivity index (χ3n) is 8.71. The zero-order chi connectivity index (χ0) is 28.3. The maximum absolute atomic E-state index is 13.8. The molecule has 3 aliphatic heterocycles. The number of carbonyl (C=O) groups excluding carboxylic acids is 2. The van der Waals surface area contributed by atoms with E-state index in [1.807, 2.05) is 61.6 Å². The average molecular weight is 605 g/mol. The van der Waals surface area contributed by atoms with E-state index < -0.39 is 16.1 Å². The van der Waals surface area contributed by atoms with Gasteiger partial charge in [-0.15, -0.1) is 12.4 Å². The van der Waals surface area contributed by atoms with Gasteiger partial charge >= 0.3 is 0 Å². The molecule has 5 rings (SSSR count). The third-order valence-corrected chi connectivity index (χ3v) is 9.83. The summed E-state index contributed by atoms with van der Waals surface area (Å²) in [5.74, 6) is -0.285. The Labute approximate surface area is 249 Å². The van der Waals surface area contributed by atoms with Gasteiger partial charge in [-0.05, 0) is 56.5 Å². The number of benzene rings is 2. The number of sulfonamides is 1. The lowest BCUT2D eigenvalue weighted by Crippen LogP contribution is -2.58. The highest BCUT2D eigenvalue weighted by Crippen LogP contribution is 2.47. The van der Waals surface area contributed by atoms with Gasteiger partial charge in [0.15, 0.2) is 0 Å². The van der Waals surface area contributed by atoms with E-state index in [4.69, 9.17) is 4.74 Å². The summed E-state index contributed by atoms with van der Waals surface area (Å²) in [6.07, 6.45) is 5.38. The van der Waals surface area contributed by atoms with Gasteiger partial charge in [0.05, 0.1) is 31.2 Å². The van der Waals surface area contributed by atoms with Crippen molar-refractivity contribution in [2.45, 2.75) is 56.2 Å². The molecule has 3 heterocycles. The van der Waals surface area contributed by atoms with Crippen molar-refractivity contribution in [1.82, 2.24) is 15.1 Å². The van der Waals surface area contributed by atoms with E-state index in [2.05, 4.69) is 10.2 Å². The number of amides is 2. The SMILES string of the molecule is CN1CCCC[C@@H]1C(=O)N[C@H](COCc1ccccc1)C(=O)N1CCC2(CC1)CN(S(C)(=O)=O)c1ccccc12.Cl. The molecule has 11 heteroatoms. The van der Waals surface area contributed by atoms with Crippen molar-refractivity contribution in [2.24, 2.45) is 0 Å². The van der Waals surface area contributed by atoms with Crippen molar-refractivity contribution < 1.29 is 22.7 Å². The van der Waals surface area contributed by atoms with Crippen molar-refractivity contribution in [3.8, 4) is 0 Å². The molecule has 0 aromatic heterocycles. The fourth-order valence-electron chi connectivity index (χ4n) is 6.40. The summed E-state index contributed by atoms with van der Waals surface area (Å²) in [6, 6.07) is 16.4. The Morgan fingerprint density at radius 1 is 1.02 bits per heavy atom. The van der Waals surface area contributed by atoms with Gasteiger partial charge in [-0.25, -0.2) is 8.42 Å². The molecule has 0 saturated carbocycles. The molecule has 2 aromatic rings. The molecule has 3 aliphatic rings. The molecule has 0 bridgehead atoms. The number of hydrogen-bond donors (Lipinski definition) is 1. The van der Waals surface area contributed by atoms with E-state index in [-0.39, 0.29) is 42.3 Å². The van der Waals surface area contributed by atoms with Crippen LogP contribution in [0.5, 0.6) is 0 Å². The Bertz CT molecular complexity index is 1320. The van der Waals surface area contributed by atoms with Crippen LogP contribution in [0.2, 0.25) is 0 Å². The highest BCUT2D eigenvalue weighted by molar-refractivity contribution is 7.92. The first-order valence-corrected chi connectivity index (χ1v) is 16.0. The molecule has 41 heavy (non-hydrogen) atoms. The van der Waals surface area contributed by atoms with E-state index in [0.717, 1.165) is 42.6 Å². The highest BCUT2D eigenvalue weighted by atomic mass is 35.5. The predicted molar refractivity (Wildman–Crippen MR) is 162 cm³/mol. The number of nitrogens with zero attached hydrogens (tertiary/aromatic N) is 3. The summed E-state index contributed by atoms with van der Waals surface area (Å²) in [6.45, 7) is 2.66. The van der Waals surface area contributed by atoms with E-state index in [1.54, 1.807) is 4.90 Å². The summed E-state index contributed by atoms with van der Waals surface area (Å²) in [4.78, 5) is 31.0. The maximum Gasteiger partial charge on any atom is 0.247 e. The Morgan fingerprint density at radius 2 is 1.71 bits per heavy atom. The van der Waals surface area contributed by atoms with Gasteiger partial charge in [0.1, 0.15) is 6.04 Å². The number of likely N-dealkylation sites (N-methyl/N-ethyl adjacent to an activating group) is 1. The molecule has 2 atom stereocenters. The van der Waals surface area contributed by atoms with Crippen LogP contribution in [0.25, 0.3) is 0 Å². The monoisotopic (exact) mass is 604 g/mol. The summed E-state index contributed by atoms with van der Waals surface area (Å²) < 4.78 is 32.5. The van der Waals surface area contributed by atoms with Gasteiger partial charge in [-0.1, -0.05) is 55.0 Å². The van der Waals surface area contributed by atoms with Crippen molar-refractivity contribution >= 4 is 39.9 Å². The summed E-state index contributed by atoms with van der Waals surface area (Å²) >= 11 is 0. The van der Waals surface area contributed by atoms with Gasteiger partial charge in [0.25, 0.3) is 0 Å². The lowest BCUT2D eigenvalue weighted by Gasteiger charge is -2.41. The van der Waals surface area contributed by atoms with Crippen LogP contribution in [0, 0.1) is 0 Å². The van der Waals surface area contributed by atoms with Crippen molar-refractivity contribution in [3.05, 3.63) is 65.7 Å². The molecule has 9 nitrogen and oxygen atoms in total. The maximum atomic E-state index is 13.8. The number of rotatable bonds is 8. The Hall–Kier alpha value is -2.66. The number of carbonyl (C=O) groups is 2. The zero-order valence-electron chi connectivity index (χ0n) is 23.8. The van der Waals surface area contributed by atoms with Crippen LogP contribution >= 0.6 is 12.4 Å². The number of hydrogen-bond acceptors (Lipinski definition) is 6. The van der Waals surface area contributed by atoms with E-state index in [9.17, 15) is 18.0 Å². The number of fused-ring (bicyclic) bond motifs is 2. The first-order chi connectivity index (χ1) is 19.2. The fraction of sp³-hybridized carbons (Fsp3) is 0.533. The molecule has 0 aliphatic carbocycles. The van der Waals surface area contributed by atoms with Crippen LogP contribution in [0.15, 0.2) is 54.6 Å². The summed E-state index contributed by atoms with van der Waals surface area (Å²) in [7, 11) is -1.46. The van der Waals surface area contributed by atoms with Crippen LogP contribution in [-0.2, 0) is 36.4 Å². The second-order valence-electron chi connectivity index (χ2n) is 11.4. The molecule has 2 amide bonds.